The molecule has 0 radical (unpaired) electrons. The Morgan fingerprint density at radius 1 is 1.00 bits per heavy atom. The van der Waals surface area contributed by atoms with Gasteiger partial charge >= 0.3 is 12.1 Å². The average Bonchev–Trinajstić information content (AvgIpc) is 2.58. The number of esters is 1. The van der Waals surface area contributed by atoms with E-state index in [9.17, 15) is 27.6 Å². The molecular formula is C19H25F3N2O4. The van der Waals surface area contributed by atoms with Crippen molar-refractivity contribution >= 4 is 17.8 Å². The van der Waals surface area contributed by atoms with Crippen LogP contribution in [0.5, 0.6) is 0 Å². The molecule has 1 atom stereocenters. The van der Waals surface area contributed by atoms with Crippen LogP contribution in [0.3, 0.4) is 0 Å². The van der Waals surface area contributed by atoms with Crippen LogP contribution in [0.2, 0.25) is 0 Å². The minimum absolute atomic E-state index is 0.0317. The highest BCUT2D eigenvalue weighted by atomic mass is 19.4. The average molecular weight is 402 g/mol. The van der Waals surface area contributed by atoms with E-state index in [0.717, 1.165) is 24.3 Å². The van der Waals surface area contributed by atoms with Crippen LogP contribution in [0, 0.1) is 0 Å². The number of hydrogen-bond acceptors (Lipinski definition) is 4. The highest BCUT2D eigenvalue weighted by Gasteiger charge is 2.30. The van der Waals surface area contributed by atoms with Crippen molar-refractivity contribution in [2.45, 2.75) is 59.0 Å². The summed E-state index contributed by atoms with van der Waals surface area (Å²) in [4.78, 5) is 37.8. The summed E-state index contributed by atoms with van der Waals surface area (Å²) in [5.41, 5.74) is -0.911. The van der Waals surface area contributed by atoms with E-state index in [0.29, 0.717) is 0 Å². The number of hydrogen-bond donors (Lipinski definition) is 1. The molecule has 1 rings (SSSR count). The van der Waals surface area contributed by atoms with Crippen LogP contribution in [0.1, 0.15) is 50.5 Å². The fourth-order valence-electron chi connectivity index (χ4n) is 2.67. The first-order valence-corrected chi connectivity index (χ1v) is 8.81. The number of alkyl halides is 3. The molecule has 156 valence electrons. The summed E-state index contributed by atoms with van der Waals surface area (Å²) in [6.07, 6.45) is -5.53. The van der Waals surface area contributed by atoms with E-state index in [2.05, 4.69) is 5.32 Å². The lowest BCUT2D eigenvalue weighted by Crippen LogP contribution is -2.48. The molecule has 0 aliphatic rings. The molecule has 0 saturated heterocycles. The van der Waals surface area contributed by atoms with Gasteiger partial charge < -0.3 is 15.0 Å². The van der Waals surface area contributed by atoms with Crippen molar-refractivity contribution in [3.05, 3.63) is 35.4 Å². The smallest absolute Gasteiger partial charge is 0.416 e. The molecule has 28 heavy (non-hydrogen) atoms. The lowest BCUT2D eigenvalue weighted by atomic mass is 10.1. The van der Waals surface area contributed by atoms with Crippen molar-refractivity contribution in [2.24, 2.45) is 0 Å². The standard InChI is InChI=1S/C19H25F3N2O4/c1-11(2)24(12(3)4)18(27)13(5)28-16(25)10-23-17(26)14-6-8-15(9-7-14)19(20,21)22/h6-9,11-13H,10H2,1-5H3,(H,23,26). The second kappa shape index (κ2) is 9.57. The highest BCUT2D eigenvalue weighted by Crippen LogP contribution is 2.29. The quantitative estimate of drug-likeness (QED) is 0.712. The van der Waals surface area contributed by atoms with Crippen LogP contribution >= 0.6 is 0 Å². The zero-order valence-electron chi connectivity index (χ0n) is 16.5. The Labute approximate surface area is 162 Å². The number of ether oxygens (including phenoxy) is 1. The van der Waals surface area contributed by atoms with Crippen molar-refractivity contribution in [2.75, 3.05) is 6.54 Å². The first-order valence-electron chi connectivity index (χ1n) is 8.81. The summed E-state index contributed by atoms with van der Waals surface area (Å²) in [5.74, 6) is -1.91. The second-order valence-electron chi connectivity index (χ2n) is 6.82. The summed E-state index contributed by atoms with van der Waals surface area (Å²) in [6, 6.07) is 3.43. The van der Waals surface area contributed by atoms with Crippen LogP contribution in [0.4, 0.5) is 13.2 Å². The summed E-state index contributed by atoms with van der Waals surface area (Å²) in [5, 5.41) is 2.26. The van der Waals surface area contributed by atoms with Crippen molar-refractivity contribution in [3.63, 3.8) is 0 Å². The van der Waals surface area contributed by atoms with Crippen LogP contribution in [-0.4, -0.2) is 47.4 Å². The summed E-state index contributed by atoms with van der Waals surface area (Å²) >= 11 is 0. The molecule has 0 heterocycles. The van der Waals surface area contributed by atoms with Crippen molar-refractivity contribution < 1.29 is 32.3 Å². The molecule has 1 aromatic carbocycles. The second-order valence-corrected chi connectivity index (χ2v) is 6.82. The minimum Gasteiger partial charge on any atom is -0.451 e. The van der Waals surface area contributed by atoms with Gasteiger partial charge in [-0.15, -0.1) is 0 Å². The van der Waals surface area contributed by atoms with Gasteiger partial charge in [0.2, 0.25) is 0 Å². The molecule has 0 fully saturated rings. The van der Waals surface area contributed by atoms with Crippen molar-refractivity contribution in [1.29, 1.82) is 0 Å². The Hall–Kier alpha value is -2.58. The van der Waals surface area contributed by atoms with Gasteiger partial charge in [-0.1, -0.05) is 0 Å². The number of amides is 2. The van der Waals surface area contributed by atoms with Gasteiger partial charge in [0.25, 0.3) is 11.8 Å². The van der Waals surface area contributed by atoms with E-state index < -0.39 is 36.3 Å². The summed E-state index contributed by atoms with van der Waals surface area (Å²) < 4.78 is 42.6. The summed E-state index contributed by atoms with van der Waals surface area (Å²) in [6.45, 7) is 8.30. The van der Waals surface area contributed by atoms with E-state index in [1.165, 1.54) is 6.92 Å². The monoisotopic (exact) mass is 402 g/mol. The topological polar surface area (TPSA) is 75.7 Å². The molecule has 1 aromatic rings. The Bertz CT molecular complexity index is 692. The Balaban J connectivity index is 2.59. The first-order chi connectivity index (χ1) is 12.8. The summed E-state index contributed by atoms with van der Waals surface area (Å²) in [7, 11) is 0. The molecule has 0 bridgehead atoms. The number of benzene rings is 1. The molecular weight excluding hydrogens is 377 g/mol. The van der Waals surface area contributed by atoms with Gasteiger partial charge in [-0.3, -0.25) is 14.4 Å². The Morgan fingerprint density at radius 3 is 1.93 bits per heavy atom. The van der Waals surface area contributed by atoms with Crippen LogP contribution in [0.15, 0.2) is 24.3 Å². The third-order valence-corrected chi connectivity index (χ3v) is 3.89. The van der Waals surface area contributed by atoms with Crippen LogP contribution < -0.4 is 5.32 Å². The van der Waals surface area contributed by atoms with Gasteiger partial charge in [-0.05, 0) is 58.9 Å². The third-order valence-electron chi connectivity index (χ3n) is 3.89. The number of carbonyl (C=O) groups excluding carboxylic acids is 3. The van der Waals surface area contributed by atoms with Gasteiger partial charge in [-0.2, -0.15) is 13.2 Å². The maximum atomic E-state index is 12.5. The fourth-order valence-corrected chi connectivity index (χ4v) is 2.67. The molecule has 0 spiro atoms. The van der Waals surface area contributed by atoms with E-state index in [1.54, 1.807) is 4.90 Å². The van der Waals surface area contributed by atoms with Crippen LogP contribution in [-0.2, 0) is 20.5 Å². The predicted octanol–water partition coefficient (Wildman–Crippen LogP) is 3.01. The molecule has 6 nitrogen and oxygen atoms in total. The molecule has 0 aromatic heterocycles. The van der Waals surface area contributed by atoms with Gasteiger partial charge in [-0.25, -0.2) is 0 Å². The van der Waals surface area contributed by atoms with Gasteiger partial charge in [0.15, 0.2) is 6.10 Å². The molecule has 1 N–H and O–H groups in total. The number of rotatable bonds is 7. The van der Waals surface area contributed by atoms with Crippen molar-refractivity contribution in [1.82, 2.24) is 10.2 Å². The highest BCUT2D eigenvalue weighted by molar-refractivity contribution is 5.96. The third kappa shape index (κ3) is 6.54. The van der Waals surface area contributed by atoms with Gasteiger partial charge in [0.1, 0.15) is 6.54 Å². The van der Waals surface area contributed by atoms with E-state index in [-0.39, 0.29) is 23.6 Å². The molecule has 0 saturated carbocycles. The lowest BCUT2D eigenvalue weighted by Gasteiger charge is -2.32. The maximum absolute atomic E-state index is 12.5. The predicted molar refractivity (Wildman–Crippen MR) is 96.4 cm³/mol. The van der Waals surface area contributed by atoms with Gasteiger partial charge in [0, 0.05) is 17.6 Å². The first kappa shape index (κ1) is 23.5. The lowest BCUT2D eigenvalue weighted by molar-refractivity contribution is -0.160. The minimum atomic E-state index is -4.50. The van der Waals surface area contributed by atoms with Crippen molar-refractivity contribution in [3.8, 4) is 0 Å². The SMILES string of the molecule is CC(OC(=O)CNC(=O)c1ccc(C(F)(F)F)cc1)C(=O)N(C(C)C)C(C)C. The fraction of sp³-hybridized carbons (Fsp3) is 0.526. The molecule has 9 heteroatoms. The number of nitrogens with zero attached hydrogens (tertiary/aromatic N) is 1. The zero-order valence-corrected chi connectivity index (χ0v) is 16.5. The molecule has 1 unspecified atom stereocenters. The Kier molecular flexibility index (Phi) is 8.01. The van der Waals surface area contributed by atoms with E-state index >= 15 is 0 Å². The molecule has 2 amide bonds. The number of carbonyl (C=O) groups is 3. The molecule has 0 aliphatic carbocycles. The Morgan fingerprint density at radius 2 is 1.50 bits per heavy atom. The van der Waals surface area contributed by atoms with E-state index in [1.807, 2.05) is 27.7 Å². The van der Waals surface area contributed by atoms with Crippen LogP contribution in [0.25, 0.3) is 0 Å². The maximum Gasteiger partial charge on any atom is 0.416 e. The number of nitrogens with one attached hydrogen (secondary N) is 1. The molecule has 0 aliphatic heterocycles. The zero-order chi connectivity index (χ0) is 21.6. The largest absolute Gasteiger partial charge is 0.451 e. The number of halogens is 3. The van der Waals surface area contributed by atoms with Gasteiger partial charge in [0.05, 0.1) is 5.56 Å². The van der Waals surface area contributed by atoms with E-state index in [4.69, 9.17) is 4.74 Å². The normalized spacial score (nSPS) is 12.6.